The summed E-state index contributed by atoms with van der Waals surface area (Å²) in [7, 11) is 0. The van der Waals surface area contributed by atoms with Crippen molar-refractivity contribution in [2.24, 2.45) is 0 Å². The number of likely N-dealkylation sites (tertiary alicyclic amines) is 1. The van der Waals surface area contributed by atoms with Crippen LogP contribution in [-0.2, 0) is 4.74 Å². The molecule has 0 spiro atoms. The smallest absolute Gasteiger partial charge is 0.161 e. The first-order chi connectivity index (χ1) is 12.3. The molecule has 3 aliphatic rings. The lowest BCUT2D eigenvalue weighted by Gasteiger charge is -2.32. The zero-order valence-corrected chi connectivity index (χ0v) is 14.7. The Morgan fingerprint density at radius 2 is 1.80 bits per heavy atom. The van der Waals surface area contributed by atoms with Gasteiger partial charge in [0.2, 0.25) is 0 Å². The minimum Gasteiger partial charge on any atom is -0.486 e. The molecule has 138 valence electrons. The number of hydrogen-bond acceptors (Lipinski definition) is 6. The van der Waals surface area contributed by atoms with E-state index in [9.17, 15) is 5.11 Å². The molecule has 6 heteroatoms. The van der Waals surface area contributed by atoms with Crippen LogP contribution in [0.2, 0.25) is 0 Å². The van der Waals surface area contributed by atoms with Crippen molar-refractivity contribution >= 4 is 0 Å². The van der Waals surface area contributed by atoms with Gasteiger partial charge in [-0.15, -0.1) is 0 Å². The van der Waals surface area contributed by atoms with E-state index in [0.717, 1.165) is 63.9 Å². The van der Waals surface area contributed by atoms with Crippen LogP contribution in [0.25, 0.3) is 0 Å². The summed E-state index contributed by atoms with van der Waals surface area (Å²) < 4.78 is 16.7. The van der Waals surface area contributed by atoms with Crippen molar-refractivity contribution in [2.75, 3.05) is 59.2 Å². The average molecular weight is 348 g/mol. The second-order valence-electron chi connectivity index (χ2n) is 7.12. The highest BCUT2D eigenvalue weighted by molar-refractivity contribution is 5.44. The first kappa shape index (κ1) is 17.1. The van der Waals surface area contributed by atoms with Crippen molar-refractivity contribution in [1.29, 1.82) is 0 Å². The third-order valence-electron chi connectivity index (χ3n) is 5.33. The van der Waals surface area contributed by atoms with Gasteiger partial charge in [-0.25, -0.2) is 0 Å². The van der Waals surface area contributed by atoms with Crippen LogP contribution >= 0.6 is 0 Å². The maximum atomic E-state index is 10.5. The summed E-state index contributed by atoms with van der Waals surface area (Å²) in [5, 5.41) is 10.5. The van der Waals surface area contributed by atoms with E-state index in [-0.39, 0.29) is 6.10 Å². The largest absolute Gasteiger partial charge is 0.486 e. The number of hydrogen-bond donors (Lipinski definition) is 1. The van der Waals surface area contributed by atoms with Crippen LogP contribution in [0.4, 0.5) is 0 Å². The quantitative estimate of drug-likeness (QED) is 0.865. The van der Waals surface area contributed by atoms with E-state index in [1.807, 2.05) is 6.07 Å². The third kappa shape index (κ3) is 4.08. The fourth-order valence-corrected chi connectivity index (χ4v) is 4.10. The number of aliphatic hydroxyl groups excluding tert-OH is 1. The Bertz CT molecular complexity index is 577. The molecular formula is C19H28N2O4. The number of morpholine rings is 1. The monoisotopic (exact) mass is 348 g/mol. The van der Waals surface area contributed by atoms with Crippen LogP contribution < -0.4 is 9.47 Å². The Labute approximate surface area is 149 Å². The van der Waals surface area contributed by atoms with Crippen molar-refractivity contribution in [3.05, 3.63) is 23.8 Å². The number of rotatable bonds is 5. The molecule has 0 saturated carbocycles. The molecule has 2 atom stereocenters. The molecule has 0 bridgehead atoms. The Morgan fingerprint density at radius 1 is 1.00 bits per heavy atom. The van der Waals surface area contributed by atoms with Gasteiger partial charge in [0, 0.05) is 32.2 Å². The maximum Gasteiger partial charge on any atom is 0.161 e. The fourth-order valence-electron chi connectivity index (χ4n) is 4.10. The number of β-amino-alcohol motifs (C(OH)–C–C–N with tert-alkyl or cyclic N) is 1. The van der Waals surface area contributed by atoms with Gasteiger partial charge in [-0.2, -0.15) is 0 Å². The molecule has 3 heterocycles. The molecule has 2 saturated heterocycles. The van der Waals surface area contributed by atoms with Crippen LogP contribution in [0.3, 0.4) is 0 Å². The summed E-state index contributed by atoms with van der Waals surface area (Å²) in [5.74, 6) is 1.69. The van der Waals surface area contributed by atoms with E-state index in [4.69, 9.17) is 14.2 Å². The van der Waals surface area contributed by atoms with Crippen molar-refractivity contribution in [1.82, 2.24) is 9.80 Å². The summed E-state index contributed by atoms with van der Waals surface area (Å²) in [4.78, 5) is 4.71. The molecule has 4 rings (SSSR count). The first-order valence-corrected chi connectivity index (χ1v) is 9.41. The highest BCUT2D eigenvalue weighted by Crippen LogP contribution is 2.38. The van der Waals surface area contributed by atoms with E-state index in [1.165, 1.54) is 12.0 Å². The van der Waals surface area contributed by atoms with Crippen LogP contribution in [-0.4, -0.2) is 80.2 Å². The summed E-state index contributed by atoms with van der Waals surface area (Å²) >= 11 is 0. The second-order valence-corrected chi connectivity index (χ2v) is 7.12. The van der Waals surface area contributed by atoms with Gasteiger partial charge in [0.1, 0.15) is 13.2 Å². The molecular weight excluding hydrogens is 320 g/mol. The molecule has 2 fully saturated rings. The minimum absolute atomic E-state index is 0.323. The van der Waals surface area contributed by atoms with E-state index < -0.39 is 0 Å². The maximum absolute atomic E-state index is 10.5. The van der Waals surface area contributed by atoms with Gasteiger partial charge < -0.3 is 19.3 Å². The van der Waals surface area contributed by atoms with Gasteiger partial charge in [-0.05, 0) is 37.1 Å². The lowest BCUT2D eigenvalue weighted by molar-refractivity contribution is 0.00584. The predicted octanol–water partition coefficient (Wildman–Crippen LogP) is 1.29. The molecule has 0 aliphatic carbocycles. The van der Waals surface area contributed by atoms with E-state index >= 15 is 0 Å². The Morgan fingerprint density at radius 3 is 2.64 bits per heavy atom. The van der Waals surface area contributed by atoms with Crippen molar-refractivity contribution in [3.63, 3.8) is 0 Å². The van der Waals surface area contributed by atoms with E-state index in [0.29, 0.717) is 19.3 Å². The summed E-state index contributed by atoms with van der Waals surface area (Å²) in [6.07, 6.45) is 1.98. The topological polar surface area (TPSA) is 54.4 Å². The van der Waals surface area contributed by atoms with Crippen LogP contribution in [0.5, 0.6) is 11.5 Å². The summed E-state index contributed by atoms with van der Waals surface area (Å²) in [6, 6.07) is 6.64. The number of ether oxygens (including phenoxy) is 3. The van der Waals surface area contributed by atoms with Gasteiger partial charge >= 0.3 is 0 Å². The third-order valence-corrected chi connectivity index (χ3v) is 5.33. The number of benzene rings is 1. The second kappa shape index (κ2) is 7.91. The molecule has 0 amide bonds. The number of nitrogens with zero attached hydrogens (tertiary/aromatic N) is 2. The summed E-state index contributed by atoms with van der Waals surface area (Å²) in [5.41, 5.74) is 1.26. The van der Waals surface area contributed by atoms with Crippen molar-refractivity contribution in [2.45, 2.75) is 25.0 Å². The molecule has 25 heavy (non-hydrogen) atoms. The van der Waals surface area contributed by atoms with Gasteiger partial charge in [0.15, 0.2) is 11.5 Å². The van der Waals surface area contributed by atoms with Gasteiger partial charge in [-0.1, -0.05) is 6.07 Å². The molecule has 2 unspecified atom stereocenters. The minimum atomic E-state index is -0.323. The predicted molar refractivity (Wildman–Crippen MR) is 94.2 cm³/mol. The Hall–Kier alpha value is -1.34. The number of aliphatic hydroxyl groups is 1. The standard InChI is InChI=1S/C19H28N2O4/c22-16(13-20-6-8-23-9-7-20)14-21-5-1-2-17(21)15-3-4-18-19(12-15)25-11-10-24-18/h3-4,12,16-17,22H,1-2,5-11,13-14H2. The zero-order valence-electron chi connectivity index (χ0n) is 14.7. The molecule has 0 radical (unpaired) electrons. The molecule has 0 aromatic heterocycles. The molecule has 6 nitrogen and oxygen atoms in total. The normalized spacial score (nSPS) is 25.9. The molecule has 3 aliphatic heterocycles. The lowest BCUT2D eigenvalue weighted by atomic mass is 10.0. The highest BCUT2D eigenvalue weighted by atomic mass is 16.6. The van der Waals surface area contributed by atoms with Gasteiger partial charge in [0.05, 0.1) is 19.3 Å². The van der Waals surface area contributed by atoms with Crippen molar-refractivity contribution in [3.8, 4) is 11.5 Å². The van der Waals surface area contributed by atoms with Crippen LogP contribution in [0.1, 0.15) is 24.4 Å². The van der Waals surface area contributed by atoms with E-state index in [2.05, 4.69) is 21.9 Å². The molecule has 1 N–H and O–H groups in total. The Balaban J connectivity index is 1.38. The van der Waals surface area contributed by atoms with Gasteiger partial charge in [-0.3, -0.25) is 9.80 Å². The van der Waals surface area contributed by atoms with Crippen molar-refractivity contribution < 1.29 is 19.3 Å². The fraction of sp³-hybridized carbons (Fsp3) is 0.684. The van der Waals surface area contributed by atoms with Gasteiger partial charge in [0.25, 0.3) is 0 Å². The number of fused-ring (bicyclic) bond motifs is 1. The molecule has 1 aromatic carbocycles. The summed E-state index contributed by atoms with van der Waals surface area (Å²) in [6.45, 7) is 7.11. The van der Waals surface area contributed by atoms with E-state index in [1.54, 1.807) is 0 Å². The van der Waals surface area contributed by atoms with Crippen LogP contribution in [0.15, 0.2) is 18.2 Å². The Kier molecular flexibility index (Phi) is 5.41. The highest BCUT2D eigenvalue weighted by Gasteiger charge is 2.29. The SMILES string of the molecule is OC(CN1CCOCC1)CN1CCCC1c1ccc2c(c1)OCCO2. The lowest BCUT2D eigenvalue weighted by Crippen LogP contribution is -2.44. The first-order valence-electron chi connectivity index (χ1n) is 9.41. The molecule has 1 aromatic rings. The zero-order chi connectivity index (χ0) is 17.1. The average Bonchev–Trinajstić information content (AvgIpc) is 3.10. The van der Waals surface area contributed by atoms with Crippen LogP contribution in [0, 0.1) is 0 Å².